The van der Waals surface area contributed by atoms with Crippen LogP contribution in [-0.2, 0) is 20.8 Å². The maximum Gasteiger partial charge on any atom is 0.315 e. The first-order valence-corrected chi connectivity index (χ1v) is 10.6. The van der Waals surface area contributed by atoms with Gasteiger partial charge in [0.05, 0.1) is 22.2 Å². The lowest BCUT2D eigenvalue weighted by Crippen LogP contribution is -2.34. The van der Waals surface area contributed by atoms with Gasteiger partial charge in [-0.15, -0.1) is 0 Å². The molecular weight excluding hydrogens is 386 g/mol. The van der Waals surface area contributed by atoms with Crippen molar-refractivity contribution >= 4 is 23.3 Å². The van der Waals surface area contributed by atoms with Gasteiger partial charge in [-0.25, -0.2) is 0 Å². The molecule has 0 amide bonds. The summed E-state index contributed by atoms with van der Waals surface area (Å²) in [5, 5.41) is 4.04. The van der Waals surface area contributed by atoms with Crippen LogP contribution in [-0.4, -0.2) is 18.2 Å². The van der Waals surface area contributed by atoms with Gasteiger partial charge in [-0.3, -0.25) is 4.79 Å². The van der Waals surface area contributed by atoms with Gasteiger partial charge >= 0.3 is 5.97 Å². The van der Waals surface area contributed by atoms with Crippen LogP contribution in [0.5, 0.6) is 0 Å². The molecule has 3 rings (SSSR count). The van der Waals surface area contributed by atoms with E-state index < -0.39 is 11.0 Å². The first-order chi connectivity index (χ1) is 13.7. The Morgan fingerprint density at radius 3 is 2.45 bits per heavy atom. The fourth-order valence-corrected chi connectivity index (χ4v) is 3.65. The van der Waals surface area contributed by atoms with Gasteiger partial charge in [0.1, 0.15) is 5.60 Å². The van der Waals surface area contributed by atoms with Crippen molar-refractivity contribution in [2.24, 2.45) is 5.41 Å². The lowest BCUT2D eigenvalue weighted by Gasteiger charge is -2.29. The molecule has 1 unspecified atom stereocenters. The lowest BCUT2D eigenvalue weighted by atomic mass is 9.91. The first-order valence-electron chi connectivity index (χ1n) is 10.2. The molecule has 0 heterocycles. The minimum atomic E-state index is -0.617. The maximum absolute atomic E-state index is 13.0. The van der Waals surface area contributed by atoms with Gasteiger partial charge in [0.2, 0.25) is 0 Å². The van der Waals surface area contributed by atoms with Gasteiger partial charge in [0.15, 0.2) is 0 Å². The number of carbonyl (C=O) groups excluding carboxylic acids is 1. The SMILES string of the molecule is CCOC(c1ccc(Cl)c(NCc2ccccc2)c1)C1(C(=O)OC(C)(C)C)CC1. The number of ether oxygens (including phenoxy) is 2. The summed E-state index contributed by atoms with van der Waals surface area (Å²) in [5.41, 5.74) is 1.80. The third kappa shape index (κ3) is 5.31. The minimum absolute atomic E-state index is 0.183. The van der Waals surface area contributed by atoms with Crippen molar-refractivity contribution in [2.75, 3.05) is 11.9 Å². The number of nitrogens with one attached hydrogen (secondary N) is 1. The average molecular weight is 416 g/mol. The number of hydrogen-bond acceptors (Lipinski definition) is 4. The monoisotopic (exact) mass is 415 g/mol. The van der Waals surface area contributed by atoms with Crippen molar-refractivity contribution in [3.05, 3.63) is 64.7 Å². The van der Waals surface area contributed by atoms with E-state index in [0.717, 1.165) is 24.1 Å². The Kier molecular flexibility index (Phi) is 6.55. The normalized spacial score (nSPS) is 16.2. The molecule has 29 heavy (non-hydrogen) atoms. The van der Waals surface area contributed by atoms with Crippen molar-refractivity contribution in [1.82, 2.24) is 0 Å². The van der Waals surface area contributed by atoms with Crippen LogP contribution in [0.4, 0.5) is 5.69 Å². The molecule has 0 bridgehead atoms. The molecule has 0 radical (unpaired) electrons. The van der Waals surface area contributed by atoms with Crippen LogP contribution in [0, 0.1) is 5.41 Å². The second-order valence-corrected chi connectivity index (χ2v) is 8.98. The molecule has 0 saturated heterocycles. The zero-order valence-electron chi connectivity index (χ0n) is 17.6. The van der Waals surface area contributed by atoms with E-state index in [1.54, 1.807) is 0 Å². The maximum atomic E-state index is 13.0. The highest BCUT2D eigenvalue weighted by Gasteiger charge is 2.59. The smallest absolute Gasteiger partial charge is 0.315 e. The molecule has 1 atom stereocenters. The number of benzene rings is 2. The molecule has 1 N–H and O–H groups in total. The second-order valence-electron chi connectivity index (χ2n) is 8.57. The molecule has 0 aliphatic heterocycles. The highest BCUT2D eigenvalue weighted by atomic mass is 35.5. The van der Waals surface area contributed by atoms with E-state index in [9.17, 15) is 4.79 Å². The van der Waals surface area contributed by atoms with Gasteiger partial charge < -0.3 is 14.8 Å². The van der Waals surface area contributed by atoms with Crippen molar-refractivity contribution in [2.45, 2.75) is 58.8 Å². The predicted octanol–water partition coefficient (Wildman–Crippen LogP) is 6.15. The largest absolute Gasteiger partial charge is 0.459 e. The highest BCUT2D eigenvalue weighted by Crippen LogP contribution is 2.58. The van der Waals surface area contributed by atoms with E-state index >= 15 is 0 Å². The van der Waals surface area contributed by atoms with E-state index in [0.29, 0.717) is 18.2 Å². The fraction of sp³-hybridized carbons (Fsp3) is 0.458. The summed E-state index contributed by atoms with van der Waals surface area (Å²) in [5.74, 6) is -0.183. The summed E-state index contributed by atoms with van der Waals surface area (Å²) in [6.07, 6.45) is 1.18. The number of anilines is 1. The molecule has 1 fully saturated rings. The molecule has 1 aliphatic carbocycles. The Bertz CT molecular complexity index is 841. The minimum Gasteiger partial charge on any atom is -0.459 e. The van der Waals surface area contributed by atoms with Crippen LogP contribution in [0.25, 0.3) is 0 Å². The summed E-state index contributed by atoms with van der Waals surface area (Å²) in [6.45, 7) is 8.81. The van der Waals surface area contributed by atoms with Gasteiger partial charge in [0.25, 0.3) is 0 Å². The molecule has 0 spiro atoms. The van der Waals surface area contributed by atoms with E-state index in [4.69, 9.17) is 21.1 Å². The molecule has 156 valence electrons. The molecule has 1 aliphatic rings. The molecule has 5 heteroatoms. The third-order valence-corrected chi connectivity index (χ3v) is 5.38. The Morgan fingerprint density at radius 2 is 1.86 bits per heavy atom. The van der Waals surface area contributed by atoms with Gasteiger partial charge in [0, 0.05) is 13.2 Å². The second kappa shape index (κ2) is 8.76. The zero-order valence-corrected chi connectivity index (χ0v) is 18.4. The molecule has 4 nitrogen and oxygen atoms in total. The van der Waals surface area contributed by atoms with Crippen LogP contribution in [0.2, 0.25) is 5.02 Å². The van der Waals surface area contributed by atoms with Crippen molar-refractivity contribution in [1.29, 1.82) is 0 Å². The third-order valence-electron chi connectivity index (χ3n) is 5.05. The Balaban J connectivity index is 1.83. The van der Waals surface area contributed by atoms with Crippen molar-refractivity contribution in [3.8, 4) is 0 Å². The average Bonchev–Trinajstić information content (AvgIpc) is 3.47. The summed E-state index contributed by atoms with van der Waals surface area (Å²) >= 11 is 6.43. The van der Waals surface area contributed by atoms with Gasteiger partial charge in [-0.2, -0.15) is 0 Å². The summed E-state index contributed by atoms with van der Waals surface area (Å²) < 4.78 is 11.8. The number of carbonyl (C=O) groups is 1. The molecule has 0 aromatic heterocycles. The summed E-state index contributed by atoms with van der Waals surface area (Å²) in [6, 6.07) is 16.0. The Morgan fingerprint density at radius 1 is 1.17 bits per heavy atom. The zero-order chi connectivity index (χ0) is 21.1. The van der Waals surface area contributed by atoms with Gasteiger partial charge in [-0.1, -0.05) is 48.0 Å². The topological polar surface area (TPSA) is 47.6 Å². The Labute approximate surface area is 178 Å². The van der Waals surface area contributed by atoms with Crippen LogP contribution >= 0.6 is 11.6 Å². The number of hydrogen-bond donors (Lipinski definition) is 1. The standard InChI is InChI=1S/C24H30ClNO3/c1-5-28-21(24(13-14-24)22(27)29-23(2,3)4)18-11-12-19(25)20(15-18)26-16-17-9-7-6-8-10-17/h6-12,15,21,26H,5,13-14,16H2,1-4H3. The van der Waals surface area contributed by atoms with Crippen LogP contribution in [0.3, 0.4) is 0 Å². The lowest BCUT2D eigenvalue weighted by molar-refractivity contribution is -0.168. The number of esters is 1. The summed E-state index contributed by atoms with van der Waals surface area (Å²) in [4.78, 5) is 13.0. The van der Waals surface area contributed by atoms with E-state index in [1.807, 2.05) is 64.1 Å². The number of rotatable bonds is 8. The van der Waals surface area contributed by atoms with Gasteiger partial charge in [-0.05, 0) is 63.8 Å². The molecule has 2 aromatic rings. The number of halogens is 1. The van der Waals surface area contributed by atoms with E-state index in [1.165, 1.54) is 5.56 Å². The van der Waals surface area contributed by atoms with Crippen molar-refractivity contribution < 1.29 is 14.3 Å². The molecule has 2 aromatic carbocycles. The predicted molar refractivity (Wildman–Crippen MR) is 117 cm³/mol. The van der Waals surface area contributed by atoms with Crippen LogP contribution in [0.1, 0.15) is 57.8 Å². The van der Waals surface area contributed by atoms with Crippen molar-refractivity contribution in [3.63, 3.8) is 0 Å². The van der Waals surface area contributed by atoms with Crippen LogP contribution < -0.4 is 5.32 Å². The Hall–Kier alpha value is -2.04. The van der Waals surface area contributed by atoms with Crippen LogP contribution in [0.15, 0.2) is 48.5 Å². The molecular formula is C24H30ClNO3. The van der Waals surface area contributed by atoms with E-state index in [2.05, 4.69) is 17.4 Å². The molecule has 1 saturated carbocycles. The fourth-order valence-electron chi connectivity index (χ4n) is 3.46. The highest BCUT2D eigenvalue weighted by molar-refractivity contribution is 6.33. The summed E-state index contributed by atoms with van der Waals surface area (Å²) in [7, 11) is 0. The first kappa shape index (κ1) is 21.7. The quantitative estimate of drug-likeness (QED) is 0.525. The van der Waals surface area contributed by atoms with E-state index in [-0.39, 0.29) is 12.1 Å².